The lowest BCUT2D eigenvalue weighted by atomic mass is 10.0. The fourth-order valence-electron chi connectivity index (χ4n) is 3.93. The Kier molecular flexibility index (Phi) is 5.56. The van der Waals surface area contributed by atoms with Crippen LogP contribution in [0.2, 0.25) is 0 Å². The van der Waals surface area contributed by atoms with E-state index in [0.717, 1.165) is 46.8 Å². The first-order valence-corrected chi connectivity index (χ1v) is 10.8. The Morgan fingerprint density at radius 2 is 1.87 bits per heavy atom. The van der Waals surface area contributed by atoms with Gasteiger partial charge in [0.1, 0.15) is 6.67 Å². The summed E-state index contributed by atoms with van der Waals surface area (Å²) in [6, 6.07) is 16.7. The first kappa shape index (κ1) is 20.5. The van der Waals surface area contributed by atoms with Crippen LogP contribution in [-0.4, -0.2) is 38.0 Å². The Balaban J connectivity index is 1.90. The molecule has 0 radical (unpaired) electrons. The zero-order valence-corrected chi connectivity index (χ0v) is 19.3. The zero-order valence-electron chi connectivity index (χ0n) is 17.7. The summed E-state index contributed by atoms with van der Waals surface area (Å²) in [5.74, 6) is 0.905. The van der Waals surface area contributed by atoms with Gasteiger partial charge < -0.3 is 9.47 Å². The molecule has 1 aliphatic heterocycles. The molecule has 3 aromatic rings. The van der Waals surface area contributed by atoms with Crippen LogP contribution < -0.4 is 5.32 Å². The molecule has 4 rings (SSSR count). The van der Waals surface area contributed by atoms with Gasteiger partial charge in [0.15, 0.2) is 0 Å². The number of amides is 1. The van der Waals surface area contributed by atoms with Crippen molar-refractivity contribution in [2.75, 3.05) is 19.0 Å². The minimum Gasteiger partial charge on any atom is -0.354 e. The molecule has 1 aromatic heterocycles. The van der Waals surface area contributed by atoms with Crippen LogP contribution in [0.3, 0.4) is 0 Å². The molecule has 0 unspecified atom stereocenters. The van der Waals surface area contributed by atoms with E-state index in [1.165, 1.54) is 6.92 Å². The van der Waals surface area contributed by atoms with Crippen LogP contribution in [0, 0.1) is 5.92 Å². The molecule has 1 N–H and O–H groups in total. The predicted octanol–water partition coefficient (Wildman–Crippen LogP) is 4.99. The molecule has 6 nitrogen and oxygen atoms in total. The van der Waals surface area contributed by atoms with Gasteiger partial charge in [-0.25, -0.2) is 4.98 Å². The van der Waals surface area contributed by atoms with Crippen molar-refractivity contribution in [2.24, 2.45) is 5.92 Å². The summed E-state index contributed by atoms with van der Waals surface area (Å²) in [5, 5.41) is 2.88. The van der Waals surface area contributed by atoms with Crippen LogP contribution in [0.15, 0.2) is 48.5 Å². The molecule has 2 aromatic carbocycles. The molecule has 1 aliphatic rings. The number of anilines is 1. The van der Waals surface area contributed by atoms with Gasteiger partial charge in [0.2, 0.25) is 11.9 Å². The summed E-state index contributed by atoms with van der Waals surface area (Å²) in [7, 11) is 2.10. The van der Waals surface area contributed by atoms with Crippen LogP contribution in [0.25, 0.3) is 22.4 Å². The first-order chi connectivity index (χ1) is 14.3. The highest BCUT2D eigenvalue weighted by Gasteiger charge is 2.28. The summed E-state index contributed by atoms with van der Waals surface area (Å²) in [4.78, 5) is 18.6. The molecule has 0 spiro atoms. The maximum Gasteiger partial charge on any atom is 0.223 e. The summed E-state index contributed by atoms with van der Waals surface area (Å²) >= 11 is 3.72. The summed E-state index contributed by atoms with van der Waals surface area (Å²) < 4.78 is 4.20. The standard InChI is InChI=1S/C23H26BrN5O/c1-15(2)13-28-20-12-18(10-11-19(20)26-23(28)25-16(3)30)21-22(29(24)14-27(21)4)17-8-6-5-7-9-17/h5-12,15H,13-14H2,1-4H3,(H,25,26,30). The third-order valence-corrected chi connectivity index (χ3v) is 5.67. The van der Waals surface area contributed by atoms with E-state index in [2.05, 4.69) is 97.1 Å². The third-order valence-electron chi connectivity index (χ3n) is 5.09. The number of hydrogen-bond donors (Lipinski definition) is 1. The van der Waals surface area contributed by atoms with Gasteiger partial charge >= 0.3 is 0 Å². The van der Waals surface area contributed by atoms with Gasteiger partial charge in [0.25, 0.3) is 0 Å². The van der Waals surface area contributed by atoms with Gasteiger partial charge in [-0.05, 0) is 18.1 Å². The van der Waals surface area contributed by atoms with E-state index in [4.69, 9.17) is 0 Å². The monoisotopic (exact) mass is 467 g/mol. The number of fused-ring (bicyclic) bond motifs is 1. The van der Waals surface area contributed by atoms with Crippen LogP contribution in [-0.2, 0) is 11.3 Å². The molecule has 156 valence electrons. The van der Waals surface area contributed by atoms with Crippen molar-refractivity contribution in [3.8, 4) is 0 Å². The first-order valence-electron chi connectivity index (χ1n) is 10.1. The van der Waals surface area contributed by atoms with Crippen molar-refractivity contribution < 1.29 is 4.79 Å². The highest BCUT2D eigenvalue weighted by molar-refractivity contribution is 9.07. The highest BCUT2D eigenvalue weighted by atomic mass is 79.9. The van der Waals surface area contributed by atoms with Gasteiger partial charge in [0.05, 0.1) is 38.6 Å². The number of carbonyl (C=O) groups is 1. The van der Waals surface area contributed by atoms with E-state index in [0.29, 0.717) is 11.9 Å². The number of carbonyl (C=O) groups excluding carboxylic acids is 1. The molecular formula is C23H26BrN5O. The fraction of sp³-hybridized carbons (Fsp3) is 0.304. The second kappa shape index (κ2) is 8.14. The lowest BCUT2D eigenvalue weighted by Crippen LogP contribution is -2.17. The van der Waals surface area contributed by atoms with Gasteiger partial charge in [-0.3, -0.25) is 14.0 Å². The molecule has 0 saturated carbocycles. The largest absolute Gasteiger partial charge is 0.354 e. The molecular weight excluding hydrogens is 442 g/mol. The minimum absolute atomic E-state index is 0.116. The number of hydrogen-bond acceptors (Lipinski definition) is 4. The zero-order chi connectivity index (χ0) is 21.4. The van der Waals surface area contributed by atoms with E-state index in [1.54, 1.807) is 0 Å². The van der Waals surface area contributed by atoms with Crippen molar-refractivity contribution in [3.05, 3.63) is 59.7 Å². The summed E-state index contributed by atoms with van der Waals surface area (Å²) in [6.45, 7) is 7.37. The number of nitrogens with one attached hydrogen (secondary N) is 1. The number of halogens is 1. The van der Waals surface area contributed by atoms with Gasteiger partial charge in [-0.1, -0.05) is 50.2 Å². The van der Waals surface area contributed by atoms with Gasteiger partial charge in [-0.15, -0.1) is 0 Å². The normalized spacial score (nSPS) is 14.3. The van der Waals surface area contributed by atoms with Crippen LogP contribution >= 0.6 is 16.1 Å². The van der Waals surface area contributed by atoms with Gasteiger partial charge in [0, 0.05) is 31.6 Å². The molecule has 0 aliphatic carbocycles. The number of benzene rings is 2. The van der Waals surface area contributed by atoms with Crippen LogP contribution in [0.4, 0.5) is 5.95 Å². The lowest BCUT2D eigenvalue weighted by Gasteiger charge is -2.16. The maximum atomic E-state index is 11.7. The second-order valence-electron chi connectivity index (χ2n) is 8.09. The number of imidazole rings is 1. The quantitative estimate of drug-likeness (QED) is 0.536. The van der Waals surface area contributed by atoms with Crippen LogP contribution in [0.5, 0.6) is 0 Å². The smallest absolute Gasteiger partial charge is 0.223 e. The molecule has 0 atom stereocenters. The fourth-order valence-corrected chi connectivity index (χ4v) is 4.64. The van der Waals surface area contributed by atoms with Gasteiger partial charge in [-0.2, -0.15) is 0 Å². The Morgan fingerprint density at radius 3 is 2.53 bits per heavy atom. The number of nitrogens with zero attached hydrogens (tertiary/aromatic N) is 4. The van der Waals surface area contributed by atoms with Crippen LogP contribution in [0.1, 0.15) is 31.9 Å². The van der Waals surface area contributed by atoms with E-state index in [-0.39, 0.29) is 5.91 Å². The molecule has 0 bridgehead atoms. The van der Waals surface area contributed by atoms with E-state index in [9.17, 15) is 4.79 Å². The highest BCUT2D eigenvalue weighted by Crippen LogP contribution is 2.39. The molecule has 1 amide bonds. The summed E-state index contributed by atoms with van der Waals surface area (Å²) in [5.41, 5.74) is 6.45. The average Bonchev–Trinajstić information content (AvgIpc) is 3.17. The molecule has 7 heteroatoms. The minimum atomic E-state index is -0.116. The molecule has 0 fully saturated rings. The Hall–Kier alpha value is -2.80. The van der Waals surface area contributed by atoms with Crippen molar-refractivity contribution in [2.45, 2.75) is 27.3 Å². The number of rotatable bonds is 5. The molecule has 0 saturated heterocycles. The SMILES string of the molecule is CC(=O)Nc1nc2ccc(C3=C(c4ccccc4)N(Br)CN3C)cc2n1CC(C)C. The summed E-state index contributed by atoms with van der Waals surface area (Å²) in [6.07, 6.45) is 0. The topological polar surface area (TPSA) is 53.4 Å². The Labute approximate surface area is 185 Å². The third kappa shape index (κ3) is 3.81. The van der Waals surface area contributed by atoms with Crippen molar-refractivity contribution in [3.63, 3.8) is 0 Å². The molecule has 30 heavy (non-hydrogen) atoms. The average molecular weight is 468 g/mol. The maximum absolute atomic E-state index is 11.7. The second-order valence-corrected chi connectivity index (χ2v) is 8.95. The predicted molar refractivity (Wildman–Crippen MR) is 126 cm³/mol. The lowest BCUT2D eigenvalue weighted by molar-refractivity contribution is -0.114. The van der Waals surface area contributed by atoms with Crippen molar-refractivity contribution >= 4 is 50.4 Å². The molecule has 2 heterocycles. The number of aromatic nitrogens is 2. The van der Waals surface area contributed by atoms with E-state index >= 15 is 0 Å². The van der Waals surface area contributed by atoms with Crippen molar-refractivity contribution in [1.29, 1.82) is 0 Å². The Morgan fingerprint density at radius 1 is 1.13 bits per heavy atom. The Bertz CT molecular complexity index is 1120. The van der Waals surface area contributed by atoms with E-state index in [1.807, 2.05) is 12.1 Å². The van der Waals surface area contributed by atoms with E-state index < -0.39 is 0 Å². The van der Waals surface area contributed by atoms with Crippen molar-refractivity contribution in [1.82, 2.24) is 18.4 Å².